The summed E-state index contributed by atoms with van der Waals surface area (Å²) in [6.45, 7) is 4.18. The Balaban J connectivity index is 1.88. The van der Waals surface area contributed by atoms with Gasteiger partial charge in [0.2, 0.25) is 0 Å². The molecule has 1 aromatic heterocycles. The van der Waals surface area contributed by atoms with E-state index in [1.807, 2.05) is 0 Å². The lowest BCUT2D eigenvalue weighted by Gasteiger charge is -2.15. The number of anilines is 2. The molecule has 0 bridgehead atoms. The number of pyridine rings is 1. The standard InChI is InChI=1S/C12H17N5/c13-9-10-3-4-15-12(11(10)14)16-5-8-17-6-1-2-7-17/h3-4H,1-2,5-8,14H2,(H,15,16). The van der Waals surface area contributed by atoms with E-state index >= 15 is 0 Å². The second kappa shape index (κ2) is 5.51. The van der Waals surface area contributed by atoms with Gasteiger partial charge in [0.15, 0.2) is 5.82 Å². The molecule has 90 valence electrons. The summed E-state index contributed by atoms with van der Waals surface area (Å²) >= 11 is 0. The highest BCUT2D eigenvalue weighted by atomic mass is 15.2. The van der Waals surface area contributed by atoms with Crippen molar-refractivity contribution in [2.24, 2.45) is 0 Å². The molecule has 1 aromatic rings. The molecule has 3 N–H and O–H groups in total. The molecule has 0 aromatic carbocycles. The van der Waals surface area contributed by atoms with E-state index in [0.29, 0.717) is 17.1 Å². The van der Waals surface area contributed by atoms with E-state index in [-0.39, 0.29) is 0 Å². The molecule has 0 amide bonds. The predicted octanol–water partition coefficient (Wildman–Crippen LogP) is 1.04. The van der Waals surface area contributed by atoms with E-state index < -0.39 is 0 Å². The molecule has 5 nitrogen and oxygen atoms in total. The average Bonchev–Trinajstić information content (AvgIpc) is 2.84. The Morgan fingerprint density at radius 2 is 2.24 bits per heavy atom. The Morgan fingerprint density at radius 3 is 2.94 bits per heavy atom. The first-order valence-electron chi connectivity index (χ1n) is 5.92. The number of nitrogens with zero attached hydrogens (tertiary/aromatic N) is 3. The van der Waals surface area contributed by atoms with Crippen LogP contribution >= 0.6 is 0 Å². The first-order chi connectivity index (χ1) is 8.31. The number of rotatable bonds is 4. The van der Waals surface area contributed by atoms with Crippen LogP contribution in [0.2, 0.25) is 0 Å². The maximum absolute atomic E-state index is 8.85. The van der Waals surface area contributed by atoms with Crippen molar-refractivity contribution >= 4 is 11.5 Å². The van der Waals surface area contributed by atoms with E-state index in [4.69, 9.17) is 11.0 Å². The molecule has 1 aliphatic heterocycles. The van der Waals surface area contributed by atoms with Crippen LogP contribution in [0.5, 0.6) is 0 Å². The van der Waals surface area contributed by atoms with E-state index in [1.165, 1.54) is 25.9 Å². The van der Waals surface area contributed by atoms with Crippen molar-refractivity contribution in [2.75, 3.05) is 37.2 Å². The van der Waals surface area contributed by atoms with E-state index in [0.717, 1.165) is 13.1 Å². The first-order valence-corrected chi connectivity index (χ1v) is 5.92. The van der Waals surface area contributed by atoms with Gasteiger partial charge in [0, 0.05) is 19.3 Å². The number of hydrogen-bond donors (Lipinski definition) is 2. The number of nitriles is 1. The van der Waals surface area contributed by atoms with E-state index in [1.54, 1.807) is 12.3 Å². The number of nitrogen functional groups attached to an aromatic ring is 1. The topological polar surface area (TPSA) is 78.0 Å². The minimum atomic E-state index is 0.441. The van der Waals surface area contributed by atoms with Gasteiger partial charge < -0.3 is 16.0 Å². The van der Waals surface area contributed by atoms with Gasteiger partial charge >= 0.3 is 0 Å². The molecule has 0 aliphatic carbocycles. The summed E-state index contributed by atoms with van der Waals surface area (Å²) in [6, 6.07) is 3.68. The predicted molar refractivity (Wildman–Crippen MR) is 67.5 cm³/mol. The number of aromatic nitrogens is 1. The third-order valence-electron chi connectivity index (χ3n) is 3.03. The Kier molecular flexibility index (Phi) is 3.78. The normalized spacial score (nSPS) is 15.7. The largest absolute Gasteiger partial charge is 0.395 e. The summed E-state index contributed by atoms with van der Waals surface area (Å²) in [5.41, 5.74) is 6.74. The maximum Gasteiger partial charge on any atom is 0.150 e. The second-order valence-corrected chi connectivity index (χ2v) is 4.21. The molecule has 1 fully saturated rings. The highest BCUT2D eigenvalue weighted by Crippen LogP contribution is 2.18. The molecule has 2 rings (SSSR count). The lowest BCUT2D eigenvalue weighted by Crippen LogP contribution is -2.26. The molecule has 0 atom stereocenters. The average molecular weight is 231 g/mol. The monoisotopic (exact) mass is 231 g/mol. The Morgan fingerprint density at radius 1 is 1.47 bits per heavy atom. The zero-order chi connectivity index (χ0) is 12.1. The van der Waals surface area contributed by atoms with Crippen LogP contribution in [0.3, 0.4) is 0 Å². The third-order valence-corrected chi connectivity index (χ3v) is 3.03. The van der Waals surface area contributed by atoms with Crippen LogP contribution in [-0.4, -0.2) is 36.1 Å². The van der Waals surface area contributed by atoms with Crippen molar-refractivity contribution in [1.82, 2.24) is 9.88 Å². The lowest BCUT2D eigenvalue weighted by molar-refractivity contribution is 0.352. The Labute approximate surface area is 101 Å². The number of nitrogens with two attached hydrogens (primary N) is 1. The molecule has 0 saturated carbocycles. The van der Waals surface area contributed by atoms with Gasteiger partial charge in [-0.15, -0.1) is 0 Å². The van der Waals surface area contributed by atoms with Crippen molar-refractivity contribution in [1.29, 1.82) is 5.26 Å². The molecule has 0 unspecified atom stereocenters. The molecule has 5 heteroatoms. The van der Waals surface area contributed by atoms with Crippen molar-refractivity contribution in [3.63, 3.8) is 0 Å². The zero-order valence-corrected chi connectivity index (χ0v) is 9.82. The number of nitrogens with one attached hydrogen (secondary N) is 1. The van der Waals surface area contributed by atoms with Crippen molar-refractivity contribution in [3.8, 4) is 6.07 Å². The van der Waals surface area contributed by atoms with Gasteiger partial charge in [0.1, 0.15) is 6.07 Å². The van der Waals surface area contributed by atoms with Crippen molar-refractivity contribution < 1.29 is 0 Å². The summed E-state index contributed by atoms with van der Waals surface area (Å²) in [4.78, 5) is 6.56. The van der Waals surface area contributed by atoms with Gasteiger partial charge in [-0.2, -0.15) is 5.26 Å². The Bertz CT molecular complexity index is 417. The summed E-state index contributed by atoms with van der Waals surface area (Å²) in [6.07, 6.45) is 4.20. The molecular formula is C12H17N5. The van der Waals surface area contributed by atoms with Crippen LogP contribution in [0.15, 0.2) is 12.3 Å². The smallest absolute Gasteiger partial charge is 0.150 e. The van der Waals surface area contributed by atoms with Crippen LogP contribution in [0.25, 0.3) is 0 Å². The molecule has 1 aliphatic rings. The fraction of sp³-hybridized carbons (Fsp3) is 0.500. The second-order valence-electron chi connectivity index (χ2n) is 4.21. The third kappa shape index (κ3) is 2.86. The van der Waals surface area contributed by atoms with Gasteiger partial charge in [0.05, 0.1) is 11.3 Å². The van der Waals surface area contributed by atoms with Crippen LogP contribution in [0.4, 0.5) is 11.5 Å². The van der Waals surface area contributed by atoms with Crippen molar-refractivity contribution in [3.05, 3.63) is 17.8 Å². The lowest BCUT2D eigenvalue weighted by atomic mass is 10.2. The minimum Gasteiger partial charge on any atom is -0.395 e. The molecule has 0 radical (unpaired) electrons. The van der Waals surface area contributed by atoms with Gasteiger partial charge in [-0.3, -0.25) is 0 Å². The van der Waals surface area contributed by atoms with Gasteiger partial charge in [0.25, 0.3) is 0 Å². The summed E-state index contributed by atoms with van der Waals surface area (Å²) in [5.74, 6) is 0.614. The molecule has 0 spiro atoms. The van der Waals surface area contributed by atoms with E-state index in [2.05, 4.69) is 21.3 Å². The van der Waals surface area contributed by atoms with Gasteiger partial charge in [-0.1, -0.05) is 0 Å². The fourth-order valence-corrected chi connectivity index (χ4v) is 2.05. The summed E-state index contributed by atoms with van der Waals surface area (Å²) < 4.78 is 0. The number of likely N-dealkylation sites (tertiary alicyclic amines) is 1. The molecular weight excluding hydrogens is 214 g/mol. The molecule has 1 saturated heterocycles. The van der Waals surface area contributed by atoms with Gasteiger partial charge in [-0.25, -0.2) is 4.98 Å². The van der Waals surface area contributed by atoms with Crippen LogP contribution in [0.1, 0.15) is 18.4 Å². The molecule has 17 heavy (non-hydrogen) atoms. The summed E-state index contributed by atoms with van der Waals surface area (Å²) in [5, 5.41) is 12.0. The van der Waals surface area contributed by atoms with Crippen molar-refractivity contribution in [2.45, 2.75) is 12.8 Å². The quantitative estimate of drug-likeness (QED) is 0.809. The first kappa shape index (κ1) is 11.7. The minimum absolute atomic E-state index is 0.441. The van der Waals surface area contributed by atoms with Crippen LogP contribution in [-0.2, 0) is 0 Å². The van der Waals surface area contributed by atoms with Crippen LogP contribution in [0, 0.1) is 11.3 Å². The summed E-state index contributed by atoms with van der Waals surface area (Å²) in [7, 11) is 0. The molecule has 2 heterocycles. The fourth-order valence-electron chi connectivity index (χ4n) is 2.05. The van der Waals surface area contributed by atoms with Crippen LogP contribution < -0.4 is 11.1 Å². The maximum atomic E-state index is 8.85. The highest BCUT2D eigenvalue weighted by Gasteiger charge is 2.11. The van der Waals surface area contributed by atoms with Gasteiger partial charge in [-0.05, 0) is 32.0 Å². The SMILES string of the molecule is N#Cc1ccnc(NCCN2CCCC2)c1N. The zero-order valence-electron chi connectivity index (χ0n) is 9.82. The Hall–Kier alpha value is -1.80. The highest BCUT2D eigenvalue weighted by molar-refractivity contribution is 5.68. The van der Waals surface area contributed by atoms with E-state index in [9.17, 15) is 0 Å². The number of hydrogen-bond acceptors (Lipinski definition) is 5.